The maximum Gasteiger partial charge on any atom is 0.232 e. The number of aryl methyl sites for hydroxylation is 1. The SMILES string of the molecule is COc1cccc(/C=C2\Oc3cc(OCc4c(F)cccc4F)cc(C)c3C2=O)c1OC. The van der Waals surface area contributed by atoms with E-state index >= 15 is 0 Å². The molecule has 1 heterocycles. The molecule has 0 fully saturated rings. The van der Waals surface area contributed by atoms with Crippen molar-refractivity contribution >= 4 is 11.9 Å². The van der Waals surface area contributed by atoms with Crippen molar-refractivity contribution in [2.45, 2.75) is 13.5 Å². The molecule has 5 nitrogen and oxygen atoms in total. The normalized spacial score (nSPS) is 13.7. The topological polar surface area (TPSA) is 54.0 Å². The third-order valence-electron chi connectivity index (χ3n) is 5.11. The van der Waals surface area contributed by atoms with E-state index in [0.29, 0.717) is 39.7 Å². The van der Waals surface area contributed by atoms with Gasteiger partial charge in [0.15, 0.2) is 17.3 Å². The van der Waals surface area contributed by atoms with Crippen LogP contribution in [0.1, 0.15) is 27.0 Å². The number of ether oxygens (including phenoxy) is 4. The van der Waals surface area contributed by atoms with E-state index in [9.17, 15) is 13.6 Å². The van der Waals surface area contributed by atoms with E-state index in [1.807, 2.05) is 0 Å². The van der Waals surface area contributed by atoms with Gasteiger partial charge in [0.25, 0.3) is 0 Å². The van der Waals surface area contributed by atoms with Crippen molar-refractivity contribution in [2.24, 2.45) is 0 Å². The van der Waals surface area contributed by atoms with Crippen molar-refractivity contribution in [3.63, 3.8) is 0 Å². The van der Waals surface area contributed by atoms with E-state index in [2.05, 4.69) is 0 Å². The Balaban J connectivity index is 1.62. The Bertz CT molecular complexity index is 1210. The molecule has 0 saturated carbocycles. The van der Waals surface area contributed by atoms with Gasteiger partial charge >= 0.3 is 0 Å². The third kappa shape index (κ3) is 3.89. The second-order valence-electron chi connectivity index (χ2n) is 7.12. The number of ketones is 1. The Morgan fingerprint density at radius 2 is 1.72 bits per heavy atom. The lowest BCUT2D eigenvalue weighted by molar-refractivity contribution is 0.101. The summed E-state index contributed by atoms with van der Waals surface area (Å²) in [6.45, 7) is 1.44. The first-order valence-electron chi connectivity index (χ1n) is 9.78. The molecule has 3 aromatic carbocycles. The molecule has 0 radical (unpaired) electrons. The number of para-hydroxylation sites is 1. The summed E-state index contributed by atoms with van der Waals surface area (Å²) in [4.78, 5) is 13.0. The van der Waals surface area contributed by atoms with Crippen molar-refractivity contribution in [1.82, 2.24) is 0 Å². The Hall–Kier alpha value is -3.87. The van der Waals surface area contributed by atoms with E-state index in [4.69, 9.17) is 18.9 Å². The lowest BCUT2D eigenvalue weighted by atomic mass is 10.0. The number of allylic oxidation sites excluding steroid dienone is 1. The molecule has 0 bridgehead atoms. The summed E-state index contributed by atoms with van der Waals surface area (Å²) in [5.41, 5.74) is 1.47. The van der Waals surface area contributed by atoms with Crippen LogP contribution in [0.2, 0.25) is 0 Å². The lowest BCUT2D eigenvalue weighted by Crippen LogP contribution is -2.02. The zero-order valence-electron chi connectivity index (χ0n) is 17.7. The van der Waals surface area contributed by atoms with Crippen molar-refractivity contribution in [2.75, 3.05) is 14.2 Å². The van der Waals surface area contributed by atoms with Gasteiger partial charge in [-0.05, 0) is 42.8 Å². The Kier molecular flexibility index (Phi) is 5.81. The average Bonchev–Trinajstić information content (AvgIpc) is 3.08. The highest BCUT2D eigenvalue weighted by Gasteiger charge is 2.30. The third-order valence-corrected chi connectivity index (χ3v) is 5.11. The molecule has 1 aliphatic heterocycles. The summed E-state index contributed by atoms with van der Waals surface area (Å²) in [6, 6.07) is 12.1. The number of hydrogen-bond acceptors (Lipinski definition) is 5. The van der Waals surface area contributed by atoms with Gasteiger partial charge in [-0.1, -0.05) is 18.2 Å². The van der Waals surface area contributed by atoms with Gasteiger partial charge < -0.3 is 18.9 Å². The molecule has 1 aliphatic rings. The summed E-state index contributed by atoms with van der Waals surface area (Å²) >= 11 is 0. The summed E-state index contributed by atoms with van der Waals surface area (Å²) in [6.07, 6.45) is 1.58. The van der Waals surface area contributed by atoms with E-state index in [0.717, 1.165) is 0 Å². The molecule has 0 amide bonds. The van der Waals surface area contributed by atoms with Gasteiger partial charge in [0.1, 0.15) is 29.7 Å². The Morgan fingerprint density at radius 3 is 2.41 bits per heavy atom. The van der Waals surface area contributed by atoms with Crippen LogP contribution in [-0.4, -0.2) is 20.0 Å². The first kappa shape index (κ1) is 21.4. The monoisotopic (exact) mass is 438 g/mol. The van der Waals surface area contributed by atoms with Gasteiger partial charge in [-0.3, -0.25) is 4.79 Å². The molecule has 4 rings (SSSR count). The molecule has 3 aromatic rings. The highest BCUT2D eigenvalue weighted by molar-refractivity contribution is 6.15. The number of halogens is 2. The lowest BCUT2D eigenvalue weighted by Gasteiger charge is -2.10. The molecule has 0 atom stereocenters. The van der Waals surface area contributed by atoms with Gasteiger partial charge in [-0.2, -0.15) is 0 Å². The number of methoxy groups -OCH3 is 2. The zero-order chi connectivity index (χ0) is 22.8. The van der Waals surface area contributed by atoms with Gasteiger partial charge in [0.05, 0.1) is 25.3 Å². The first-order valence-corrected chi connectivity index (χ1v) is 9.78. The molecule has 0 N–H and O–H groups in total. The minimum absolute atomic E-state index is 0.118. The van der Waals surface area contributed by atoms with Crippen molar-refractivity contribution in [3.05, 3.63) is 88.2 Å². The second kappa shape index (κ2) is 8.70. The van der Waals surface area contributed by atoms with Crippen LogP contribution in [0.25, 0.3) is 6.08 Å². The Labute approximate surface area is 183 Å². The fourth-order valence-corrected chi connectivity index (χ4v) is 3.55. The molecular weight excluding hydrogens is 418 g/mol. The average molecular weight is 438 g/mol. The van der Waals surface area contributed by atoms with Crippen LogP contribution in [0, 0.1) is 18.6 Å². The van der Waals surface area contributed by atoms with E-state index in [-0.39, 0.29) is 23.7 Å². The molecule has 0 unspecified atom stereocenters. The fraction of sp³-hybridized carbons (Fsp3) is 0.160. The molecule has 7 heteroatoms. The standard InChI is InChI=1S/C25H20F2O5/c1-14-10-16(31-13-17-18(26)7-5-8-19(17)27)12-21-23(14)24(28)22(32-21)11-15-6-4-9-20(29-2)25(15)30-3/h4-12H,13H2,1-3H3/b22-11-. The highest BCUT2D eigenvalue weighted by atomic mass is 19.1. The first-order chi connectivity index (χ1) is 15.4. The smallest absolute Gasteiger partial charge is 0.232 e. The van der Waals surface area contributed by atoms with Crippen molar-refractivity contribution in [1.29, 1.82) is 0 Å². The minimum atomic E-state index is -0.688. The quantitative estimate of drug-likeness (QED) is 0.477. The summed E-state index contributed by atoms with van der Waals surface area (Å²) in [7, 11) is 3.04. The van der Waals surface area contributed by atoms with E-state index in [1.54, 1.807) is 37.3 Å². The fourth-order valence-electron chi connectivity index (χ4n) is 3.55. The molecular formula is C25H20F2O5. The number of hydrogen-bond donors (Lipinski definition) is 0. The molecule has 164 valence electrons. The maximum atomic E-state index is 13.9. The maximum absolute atomic E-state index is 13.9. The van der Waals surface area contributed by atoms with Gasteiger partial charge in [0.2, 0.25) is 5.78 Å². The van der Waals surface area contributed by atoms with Gasteiger partial charge in [0, 0.05) is 11.6 Å². The van der Waals surface area contributed by atoms with Crippen LogP contribution in [0.15, 0.2) is 54.3 Å². The predicted octanol–water partition coefficient (Wildman–Crippen LogP) is 5.49. The summed E-state index contributed by atoms with van der Waals surface area (Å²) < 4.78 is 49.8. The van der Waals surface area contributed by atoms with Gasteiger partial charge in [-0.15, -0.1) is 0 Å². The summed E-state index contributed by atoms with van der Waals surface area (Å²) in [5, 5.41) is 0. The molecule has 0 saturated heterocycles. The van der Waals surface area contributed by atoms with Crippen LogP contribution in [0.3, 0.4) is 0 Å². The van der Waals surface area contributed by atoms with E-state index in [1.165, 1.54) is 38.5 Å². The van der Waals surface area contributed by atoms with Crippen molar-refractivity contribution < 1.29 is 32.5 Å². The second-order valence-corrected chi connectivity index (χ2v) is 7.12. The van der Waals surface area contributed by atoms with Crippen LogP contribution in [-0.2, 0) is 6.61 Å². The van der Waals surface area contributed by atoms with Crippen molar-refractivity contribution in [3.8, 4) is 23.0 Å². The van der Waals surface area contributed by atoms with Crippen LogP contribution in [0.5, 0.6) is 23.0 Å². The zero-order valence-corrected chi connectivity index (χ0v) is 17.7. The molecule has 0 aliphatic carbocycles. The number of carbonyl (C=O) groups is 1. The Morgan fingerprint density at radius 1 is 1.00 bits per heavy atom. The van der Waals surface area contributed by atoms with Gasteiger partial charge in [-0.25, -0.2) is 8.78 Å². The number of Topliss-reactive ketones (excluding diaryl/α,β-unsaturated/α-hetero) is 1. The number of benzene rings is 3. The molecule has 32 heavy (non-hydrogen) atoms. The van der Waals surface area contributed by atoms with Crippen LogP contribution < -0.4 is 18.9 Å². The predicted molar refractivity (Wildman–Crippen MR) is 114 cm³/mol. The van der Waals surface area contributed by atoms with E-state index < -0.39 is 11.6 Å². The number of rotatable bonds is 6. The number of fused-ring (bicyclic) bond motifs is 1. The van der Waals surface area contributed by atoms with Crippen LogP contribution in [0.4, 0.5) is 8.78 Å². The number of carbonyl (C=O) groups excluding carboxylic acids is 1. The molecule has 0 spiro atoms. The molecule has 0 aromatic heterocycles. The summed E-state index contributed by atoms with van der Waals surface area (Å²) in [5.74, 6) is 0.100. The van der Waals surface area contributed by atoms with Crippen LogP contribution >= 0.6 is 0 Å². The highest BCUT2D eigenvalue weighted by Crippen LogP contribution is 2.39. The largest absolute Gasteiger partial charge is 0.493 e. The minimum Gasteiger partial charge on any atom is -0.493 e.